The van der Waals surface area contributed by atoms with Gasteiger partial charge in [-0.15, -0.1) is 0 Å². The maximum Gasteiger partial charge on any atom is 0.306 e. The van der Waals surface area contributed by atoms with Crippen molar-refractivity contribution in [1.82, 2.24) is 0 Å². The van der Waals surface area contributed by atoms with Gasteiger partial charge in [0.25, 0.3) is 0 Å². The summed E-state index contributed by atoms with van der Waals surface area (Å²) < 4.78 is 40.2. The van der Waals surface area contributed by atoms with Gasteiger partial charge in [-0.2, -0.15) is 0 Å². The standard InChI is InChI=1S/C37H52Cl2O11/c1-8-19-10-9-11-26(48-18(4)40)16(2)31(42)25-14-23-21-12-20(50-36-34(46-7)33(45-6)32(44-5)17(3)47-36)13-22(21)29-30(37(38,39)35(29)43)28(23)24(25)15-27(41)49-19/h14,16-17,19-24,26,28-30,32-34,36H,8-13,15H2,1-7H3/t16-,17+,19+,20+,21-,22-,23+,24-,26+,28-,29+,30-,32+,33-,34-,36+/m1/s1. The minimum absolute atomic E-state index is 0.0266. The van der Waals surface area contributed by atoms with Crippen LogP contribution in [0.1, 0.15) is 72.6 Å². The van der Waals surface area contributed by atoms with Gasteiger partial charge in [0.05, 0.1) is 24.5 Å². The van der Waals surface area contributed by atoms with Crippen molar-refractivity contribution in [2.24, 2.45) is 47.3 Å². The summed E-state index contributed by atoms with van der Waals surface area (Å²) in [6, 6.07) is 0. The van der Waals surface area contributed by atoms with Crippen molar-refractivity contribution in [3.8, 4) is 0 Å². The molecule has 2 heterocycles. The van der Waals surface area contributed by atoms with Gasteiger partial charge in [-0.1, -0.05) is 43.1 Å². The van der Waals surface area contributed by atoms with Crippen LogP contribution in [0.4, 0.5) is 0 Å². The predicted octanol–water partition coefficient (Wildman–Crippen LogP) is 5.01. The fourth-order valence-electron chi connectivity index (χ4n) is 10.4. The van der Waals surface area contributed by atoms with E-state index in [1.807, 2.05) is 19.9 Å². The van der Waals surface area contributed by atoms with Gasteiger partial charge in [0, 0.05) is 46.0 Å². The quantitative estimate of drug-likeness (QED) is 0.258. The van der Waals surface area contributed by atoms with Crippen LogP contribution in [0.25, 0.3) is 0 Å². The van der Waals surface area contributed by atoms with Gasteiger partial charge in [-0.05, 0) is 74.7 Å². The largest absolute Gasteiger partial charge is 0.462 e. The Morgan fingerprint density at radius 3 is 2.30 bits per heavy atom. The van der Waals surface area contributed by atoms with Crippen molar-refractivity contribution in [2.75, 3.05) is 21.3 Å². The number of rotatable bonds is 7. The Hall–Kier alpha value is -1.60. The van der Waals surface area contributed by atoms with E-state index >= 15 is 0 Å². The van der Waals surface area contributed by atoms with E-state index in [2.05, 4.69) is 0 Å². The lowest BCUT2D eigenvalue weighted by molar-refractivity contribution is -0.314. The third-order valence-corrected chi connectivity index (χ3v) is 13.6. The first-order chi connectivity index (χ1) is 23.8. The Morgan fingerprint density at radius 2 is 1.66 bits per heavy atom. The predicted molar refractivity (Wildman–Crippen MR) is 181 cm³/mol. The van der Waals surface area contributed by atoms with Crippen LogP contribution in [0, 0.1) is 47.3 Å². The number of fused-ring (bicyclic) bond motifs is 8. The second-order valence-corrected chi connectivity index (χ2v) is 16.6. The molecule has 11 nitrogen and oxygen atoms in total. The van der Waals surface area contributed by atoms with Crippen molar-refractivity contribution in [3.63, 3.8) is 0 Å². The molecule has 50 heavy (non-hydrogen) atoms. The molecule has 13 heteroatoms. The molecule has 0 amide bonds. The van der Waals surface area contributed by atoms with E-state index in [1.54, 1.807) is 28.3 Å². The van der Waals surface area contributed by atoms with Gasteiger partial charge in [-0.25, -0.2) is 0 Å². The first-order valence-electron chi connectivity index (χ1n) is 18.2. The number of hydrogen-bond acceptors (Lipinski definition) is 11. The third-order valence-electron chi connectivity index (χ3n) is 12.7. The SMILES string of the molecule is CC[C@H]1CCC[C@H](OC(C)=O)[C@@H](C)C(=O)C2=C[C@H]3[C@@H]4C[C@H](O[C@@H]5O[C@@H](C)[C@H](OC)[C@@H](OC)[C@H]5OC)C[C@H]4[C@@H]4C(=O)C(Cl)(Cl)[C@@H]4[C@H]3[C@@H]2CC(=O)O1. The number of carbonyl (C=O) groups is 4. The van der Waals surface area contributed by atoms with E-state index < -0.39 is 58.6 Å². The molecule has 2 saturated heterocycles. The minimum atomic E-state index is -1.64. The summed E-state index contributed by atoms with van der Waals surface area (Å²) in [4.78, 5) is 53.9. The van der Waals surface area contributed by atoms with Gasteiger partial charge in [0.1, 0.15) is 30.5 Å². The molecule has 4 aliphatic carbocycles. The Balaban J connectivity index is 1.33. The van der Waals surface area contributed by atoms with Crippen LogP contribution in [0.5, 0.6) is 0 Å². The van der Waals surface area contributed by atoms with Crippen LogP contribution in [0.2, 0.25) is 0 Å². The van der Waals surface area contributed by atoms with E-state index in [-0.39, 0.29) is 72.0 Å². The van der Waals surface area contributed by atoms with Crippen molar-refractivity contribution < 1.29 is 52.3 Å². The first-order valence-corrected chi connectivity index (χ1v) is 19.0. The summed E-state index contributed by atoms with van der Waals surface area (Å²) in [7, 11) is 4.80. The Labute approximate surface area is 304 Å². The summed E-state index contributed by atoms with van der Waals surface area (Å²) in [5.74, 6) is -3.93. The lowest BCUT2D eigenvalue weighted by atomic mass is 9.48. The molecule has 0 N–H and O–H groups in total. The van der Waals surface area contributed by atoms with Crippen LogP contribution in [-0.4, -0.2) is 98.2 Å². The topological polar surface area (TPSA) is 133 Å². The number of carbonyl (C=O) groups excluding carboxylic acids is 4. The van der Waals surface area contributed by atoms with E-state index in [9.17, 15) is 19.2 Å². The van der Waals surface area contributed by atoms with Crippen molar-refractivity contribution in [3.05, 3.63) is 11.6 Å². The zero-order valence-corrected chi connectivity index (χ0v) is 31.5. The number of hydrogen-bond donors (Lipinski definition) is 0. The molecule has 0 aromatic rings. The Kier molecular flexibility index (Phi) is 11.5. The lowest BCUT2D eigenvalue weighted by Crippen LogP contribution is -2.66. The van der Waals surface area contributed by atoms with E-state index in [4.69, 9.17) is 56.4 Å². The number of ketones is 2. The van der Waals surface area contributed by atoms with Crippen LogP contribution in [-0.2, 0) is 52.3 Å². The summed E-state index contributed by atoms with van der Waals surface area (Å²) in [5.41, 5.74) is 0.514. The summed E-state index contributed by atoms with van der Waals surface area (Å²) >= 11 is 13.7. The van der Waals surface area contributed by atoms with Crippen molar-refractivity contribution in [2.45, 2.75) is 126 Å². The van der Waals surface area contributed by atoms with Gasteiger partial charge in [0.2, 0.25) is 0 Å². The summed E-state index contributed by atoms with van der Waals surface area (Å²) in [6.07, 6.45) is 1.92. The monoisotopic (exact) mass is 742 g/mol. The molecule has 16 atom stereocenters. The van der Waals surface area contributed by atoms with Crippen molar-refractivity contribution in [1.29, 1.82) is 0 Å². The lowest BCUT2D eigenvalue weighted by Gasteiger charge is -2.59. The highest BCUT2D eigenvalue weighted by Gasteiger charge is 2.73. The third kappa shape index (κ3) is 6.60. The maximum atomic E-state index is 14.4. The molecule has 0 spiro atoms. The highest BCUT2D eigenvalue weighted by atomic mass is 35.5. The van der Waals surface area contributed by atoms with Gasteiger partial charge in [-0.3, -0.25) is 19.2 Å². The zero-order chi connectivity index (χ0) is 36.2. The number of halogens is 2. The number of Topliss-reactive ketones (excluding diaryl/α,β-unsaturated/α-hetero) is 2. The molecule has 5 fully saturated rings. The number of cyclic esters (lactones) is 1. The molecular weight excluding hydrogens is 691 g/mol. The number of ether oxygens (including phenoxy) is 7. The minimum Gasteiger partial charge on any atom is -0.462 e. The molecule has 0 unspecified atom stereocenters. The molecule has 0 bridgehead atoms. The average molecular weight is 744 g/mol. The van der Waals surface area contributed by atoms with Gasteiger partial charge < -0.3 is 33.2 Å². The summed E-state index contributed by atoms with van der Waals surface area (Å²) in [5, 5.41) is 0. The number of esters is 2. The normalized spacial score (nSPS) is 45.8. The molecule has 0 aromatic heterocycles. The molecule has 0 radical (unpaired) electrons. The molecular formula is C37H52Cl2O11. The maximum absolute atomic E-state index is 14.4. The van der Waals surface area contributed by atoms with E-state index in [0.29, 0.717) is 44.1 Å². The molecule has 6 aliphatic rings. The average Bonchev–Trinajstić information content (AvgIpc) is 3.65. The molecule has 0 aromatic carbocycles. The second kappa shape index (κ2) is 15.0. The summed E-state index contributed by atoms with van der Waals surface area (Å²) in [6.45, 7) is 7.02. The van der Waals surface area contributed by atoms with E-state index in [1.165, 1.54) is 6.92 Å². The fraction of sp³-hybridized carbons (Fsp3) is 0.838. The molecule has 3 saturated carbocycles. The number of allylic oxidation sites excluding steroid dienone is 2. The highest BCUT2D eigenvalue weighted by molar-refractivity contribution is 6.60. The number of methoxy groups -OCH3 is 3. The van der Waals surface area contributed by atoms with E-state index in [0.717, 1.165) is 0 Å². The van der Waals surface area contributed by atoms with Gasteiger partial charge >= 0.3 is 11.9 Å². The van der Waals surface area contributed by atoms with Crippen LogP contribution in [0.15, 0.2) is 11.6 Å². The Morgan fingerprint density at radius 1 is 0.980 bits per heavy atom. The fourth-order valence-corrected chi connectivity index (χ4v) is 11.3. The first kappa shape index (κ1) is 38.1. The van der Waals surface area contributed by atoms with Crippen LogP contribution >= 0.6 is 23.2 Å². The molecule has 6 rings (SSSR count). The highest BCUT2D eigenvalue weighted by Crippen LogP contribution is 2.69. The molecule has 2 aliphatic heterocycles. The van der Waals surface area contributed by atoms with Crippen molar-refractivity contribution >= 4 is 46.7 Å². The second-order valence-electron chi connectivity index (χ2n) is 15.2. The zero-order valence-electron chi connectivity index (χ0n) is 30.0. The van der Waals surface area contributed by atoms with Gasteiger partial charge in [0.15, 0.2) is 22.2 Å². The number of alkyl halides is 2. The Bertz CT molecular complexity index is 1350. The van der Waals surface area contributed by atoms with Crippen LogP contribution in [0.3, 0.4) is 0 Å². The van der Waals surface area contributed by atoms with Crippen LogP contribution < -0.4 is 0 Å². The smallest absolute Gasteiger partial charge is 0.306 e. The molecule has 280 valence electrons.